The van der Waals surface area contributed by atoms with E-state index >= 15 is 0 Å². The molecule has 1 saturated carbocycles. The number of rotatable bonds is 7. The first-order valence-electron chi connectivity index (χ1n) is 7.87. The molecule has 0 unspecified atom stereocenters. The molecule has 1 aromatic rings. The van der Waals surface area contributed by atoms with Crippen molar-refractivity contribution in [2.75, 3.05) is 12.3 Å². The molecule has 3 nitrogen and oxygen atoms in total. The minimum Gasteiger partial charge on any atom is -0.481 e. The van der Waals surface area contributed by atoms with E-state index < -0.39 is 6.10 Å². The number of hydrogen-bond acceptors (Lipinski definition) is 3. The Morgan fingerprint density at radius 1 is 1.29 bits per heavy atom. The third-order valence-corrected chi connectivity index (χ3v) is 5.11. The van der Waals surface area contributed by atoms with E-state index in [0.29, 0.717) is 0 Å². The Bertz CT molecular complexity index is 418. The molecule has 1 aliphatic rings. The van der Waals surface area contributed by atoms with Gasteiger partial charge in [-0.1, -0.05) is 37.5 Å². The fraction of sp³-hybridized carbons (Fsp3) is 0.588. The Morgan fingerprint density at radius 2 is 2.00 bits per heavy atom. The second-order valence-electron chi connectivity index (χ2n) is 5.49. The van der Waals surface area contributed by atoms with Gasteiger partial charge in [-0.3, -0.25) is 4.79 Å². The topological polar surface area (TPSA) is 38.3 Å². The molecule has 116 valence electrons. The number of nitrogens with one attached hydrogen (secondary N) is 1. The molecule has 1 amide bonds. The van der Waals surface area contributed by atoms with Gasteiger partial charge >= 0.3 is 0 Å². The van der Waals surface area contributed by atoms with Gasteiger partial charge in [0.2, 0.25) is 0 Å². The first kappa shape index (κ1) is 16.2. The number of carbonyl (C=O) groups is 1. The zero-order chi connectivity index (χ0) is 14.9. The lowest BCUT2D eigenvalue weighted by Crippen LogP contribution is -2.37. The zero-order valence-electron chi connectivity index (χ0n) is 12.7. The van der Waals surface area contributed by atoms with Gasteiger partial charge < -0.3 is 10.1 Å². The van der Waals surface area contributed by atoms with Crippen LogP contribution in [0.25, 0.3) is 0 Å². The van der Waals surface area contributed by atoms with E-state index in [2.05, 4.69) is 5.32 Å². The maximum absolute atomic E-state index is 12.0. The lowest BCUT2D eigenvalue weighted by molar-refractivity contribution is -0.127. The summed E-state index contributed by atoms with van der Waals surface area (Å²) >= 11 is 2.00. The summed E-state index contributed by atoms with van der Waals surface area (Å²) in [5.41, 5.74) is 0. The molecule has 21 heavy (non-hydrogen) atoms. The third kappa shape index (κ3) is 6.00. The van der Waals surface area contributed by atoms with Crippen LogP contribution in [0.15, 0.2) is 30.3 Å². The summed E-state index contributed by atoms with van der Waals surface area (Å²) in [4.78, 5) is 12.0. The first-order valence-corrected chi connectivity index (χ1v) is 8.91. The van der Waals surface area contributed by atoms with Crippen LogP contribution in [0, 0.1) is 0 Å². The Morgan fingerprint density at radius 3 is 2.71 bits per heavy atom. The summed E-state index contributed by atoms with van der Waals surface area (Å²) < 4.78 is 5.60. The van der Waals surface area contributed by atoms with Crippen molar-refractivity contribution in [3.63, 3.8) is 0 Å². The number of amides is 1. The maximum Gasteiger partial charge on any atom is 0.260 e. The van der Waals surface area contributed by atoms with Gasteiger partial charge in [-0.15, -0.1) is 0 Å². The average Bonchev–Trinajstić information content (AvgIpc) is 2.53. The van der Waals surface area contributed by atoms with E-state index in [9.17, 15) is 4.79 Å². The quantitative estimate of drug-likeness (QED) is 0.782. The van der Waals surface area contributed by atoms with Gasteiger partial charge in [-0.2, -0.15) is 11.8 Å². The third-order valence-electron chi connectivity index (χ3n) is 3.73. The van der Waals surface area contributed by atoms with E-state index in [0.717, 1.165) is 23.3 Å². The maximum atomic E-state index is 12.0. The van der Waals surface area contributed by atoms with Crippen molar-refractivity contribution in [2.24, 2.45) is 0 Å². The lowest BCUT2D eigenvalue weighted by Gasteiger charge is -2.21. The van der Waals surface area contributed by atoms with Crippen LogP contribution in [0.3, 0.4) is 0 Å². The van der Waals surface area contributed by atoms with Gasteiger partial charge in [-0.05, 0) is 31.9 Å². The van der Waals surface area contributed by atoms with E-state index in [-0.39, 0.29) is 5.91 Å². The summed E-state index contributed by atoms with van der Waals surface area (Å²) in [6.45, 7) is 2.51. The van der Waals surface area contributed by atoms with Crippen LogP contribution in [-0.2, 0) is 4.79 Å². The number of carbonyl (C=O) groups excluding carboxylic acids is 1. The second kappa shape index (κ2) is 8.98. The Kier molecular flexibility index (Phi) is 6.93. The predicted molar refractivity (Wildman–Crippen MR) is 88.9 cm³/mol. The van der Waals surface area contributed by atoms with E-state index in [1.165, 1.54) is 32.1 Å². The van der Waals surface area contributed by atoms with Crippen LogP contribution in [0.2, 0.25) is 0 Å². The summed E-state index contributed by atoms with van der Waals surface area (Å²) in [5, 5.41) is 3.76. The zero-order valence-corrected chi connectivity index (χ0v) is 13.5. The van der Waals surface area contributed by atoms with Gasteiger partial charge in [0.1, 0.15) is 5.75 Å². The minimum atomic E-state index is -0.452. The van der Waals surface area contributed by atoms with Crippen molar-refractivity contribution in [3.8, 4) is 5.75 Å². The smallest absolute Gasteiger partial charge is 0.260 e. The van der Waals surface area contributed by atoms with E-state index in [4.69, 9.17) is 4.74 Å². The highest BCUT2D eigenvalue weighted by atomic mass is 32.2. The summed E-state index contributed by atoms with van der Waals surface area (Å²) in [6.07, 6.45) is 6.35. The molecular weight excluding hydrogens is 282 g/mol. The summed E-state index contributed by atoms with van der Waals surface area (Å²) in [5.74, 6) is 1.69. The molecule has 4 heteroatoms. The average molecular weight is 307 g/mol. The normalized spacial score (nSPS) is 17.2. The molecule has 0 heterocycles. The number of thioether (sulfide) groups is 1. The largest absolute Gasteiger partial charge is 0.481 e. The van der Waals surface area contributed by atoms with Crippen molar-refractivity contribution in [1.82, 2.24) is 5.32 Å². The highest BCUT2D eigenvalue weighted by Crippen LogP contribution is 2.27. The Balaban J connectivity index is 1.60. The molecule has 1 fully saturated rings. The molecule has 0 aliphatic heterocycles. The van der Waals surface area contributed by atoms with Crippen molar-refractivity contribution >= 4 is 17.7 Å². The van der Waals surface area contributed by atoms with Crippen LogP contribution >= 0.6 is 11.8 Å². The Hall–Kier alpha value is -1.16. The van der Waals surface area contributed by atoms with Crippen LogP contribution < -0.4 is 10.1 Å². The van der Waals surface area contributed by atoms with Crippen molar-refractivity contribution in [2.45, 2.75) is 50.4 Å². The molecule has 1 aliphatic carbocycles. The molecule has 0 saturated heterocycles. The fourth-order valence-corrected chi connectivity index (χ4v) is 3.75. The van der Waals surface area contributed by atoms with Crippen molar-refractivity contribution < 1.29 is 9.53 Å². The highest BCUT2D eigenvalue weighted by Gasteiger charge is 2.15. The number of para-hydroxylation sites is 1. The van der Waals surface area contributed by atoms with Gasteiger partial charge in [-0.25, -0.2) is 0 Å². The number of benzene rings is 1. The van der Waals surface area contributed by atoms with Gasteiger partial charge in [0.05, 0.1) is 0 Å². The van der Waals surface area contributed by atoms with Crippen molar-refractivity contribution in [3.05, 3.63) is 30.3 Å². The molecule has 1 atom stereocenters. The van der Waals surface area contributed by atoms with Gasteiger partial charge in [0, 0.05) is 17.5 Å². The second-order valence-corrected chi connectivity index (χ2v) is 6.90. The number of hydrogen-bond donors (Lipinski definition) is 1. The summed E-state index contributed by atoms with van der Waals surface area (Å²) in [6, 6.07) is 9.47. The lowest BCUT2D eigenvalue weighted by atomic mass is 10.0. The highest BCUT2D eigenvalue weighted by molar-refractivity contribution is 7.99. The van der Waals surface area contributed by atoms with E-state index in [1.807, 2.05) is 42.1 Å². The minimum absolute atomic E-state index is 0.0388. The number of ether oxygens (including phenoxy) is 1. The summed E-state index contributed by atoms with van der Waals surface area (Å²) in [7, 11) is 0. The predicted octanol–water partition coefficient (Wildman–Crippen LogP) is 3.64. The van der Waals surface area contributed by atoms with Gasteiger partial charge in [0.15, 0.2) is 6.10 Å². The molecule has 1 aromatic carbocycles. The van der Waals surface area contributed by atoms with Gasteiger partial charge in [0.25, 0.3) is 5.91 Å². The van der Waals surface area contributed by atoms with Crippen LogP contribution in [0.5, 0.6) is 5.75 Å². The van der Waals surface area contributed by atoms with Crippen LogP contribution in [0.1, 0.15) is 39.0 Å². The molecular formula is C17H25NO2S. The SMILES string of the molecule is C[C@@H](Oc1ccccc1)C(=O)NCCSC1CCCCC1. The molecule has 1 N–H and O–H groups in total. The van der Waals surface area contributed by atoms with Crippen molar-refractivity contribution in [1.29, 1.82) is 0 Å². The Labute approximate surface area is 131 Å². The monoisotopic (exact) mass is 307 g/mol. The molecule has 0 bridgehead atoms. The molecule has 2 rings (SSSR count). The van der Waals surface area contributed by atoms with E-state index in [1.54, 1.807) is 6.92 Å². The first-order chi connectivity index (χ1) is 10.3. The fourth-order valence-electron chi connectivity index (χ4n) is 2.53. The molecule has 0 spiro atoms. The van der Waals surface area contributed by atoms with Crippen LogP contribution in [0.4, 0.5) is 0 Å². The standard InChI is InChI=1S/C17H25NO2S/c1-14(20-15-8-4-2-5-9-15)17(19)18-12-13-21-16-10-6-3-7-11-16/h2,4-5,8-9,14,16H,3,6-7,10-13H2,1H3,(H,18,19)/t14-/m1/s1. The van der Waals surface area contributed by atoms with Crippen LogP contribution in [-0.4, -0.2) is 29.6 Å². The molecule has 0 radical (unpaired) electrons. The molecule has 0 aromatic heterocycles.